The summed E-state index contributed by atoms with van der Waals surface area (Å²) in [4.78, 5) is 30.4. The average Bonchev–Trinajstić information content (AvgIpc) is 3.14. The van der Waals surface area contributed by atoms with Gasteiger partial charge in [0.15, 0.2) is 24.2 Å². The smallest absolute Gasteiger partial charge is 0.185 e. The fourth-order valence-electron chi connectivity index (χ4n) is 1.43. The molecule has 7 nitrogen and oxygen atoms in total. The number of hydrogen-bond donors (Lipinski definition) is 1. The predicted molar refractivity (Wildman–Crippen MR) is 85.7 cm³/mol. The zero-order valence-electron chi connectivity index (χ0n) is 13.2. The number of hydrogen-bond acceptors (Lipinski definition) is 5. The Morgan fingerprint density at radius 3 is 2.50 bits per heavy atom. The average molecular weight is 322 g/mol. The number of carbonyl (C=O) groups is 2. The molecule has 0 spiro atoms. The van der Waals surface area contributed by atoms with Crippen molar-refractivity contribution in [2.24, 2.45) is 0 Å². The van der Waals surface area contributed by atoms with E-state index in [1.807, 2.05) is 0 Å². The highest BCUT2D eigenvalue weighted by Gasteiger charge is 2.12. The minimum absolute atomic E-state index is 0.375. The predicted octanol–water partition coefficient (Wildman–Crippen LogP) is 2.23. The highest BCUT2D eigenvalue weighted by Crippen LogP contribution is 2.07. The van der Waals surface area contributed by atoms with Gasteiger partial charge in [-0.15, -0.1) is 0 Å². The van der Waals surface area contributed by atoms with Crippen LogP contribution in [0, 0.1) is 0 Å². The van der Waals surface area contributed by atoms with Crippen molar-refractivity contribution in [2.75, 3.05) is 6.61 Å². The largest absolute Gasteiger partial charge is 0.361 e. The Morgan fingerprint density at radius 1 is 1.23 bits per heavy atom. The SMILES string of the molecule is C[Si](C)(C)CCOCn1ccnc1C=O.O=Cc1ncc[nH]1. The molecule has 2 rings (SSSR count). The quantitative estimate of drug-likeness (QED) is 0.479. The lowest BCUT2D eigenvalue weighted by Gasteiger charge is -2.15. The van der Waals surface area contributed by atoms with Crippen LogP contribution in [0.1, 0.15) is 21.2 Å². The molecule has 120 valence electrons. The van der Waals surface area contributed by atoms with Crippen molar-refractivity contribution in [1.82, 2.24) is 19.5 Å². The number of aromatic nitrogens is 4. The fourth-order valence-corrected chi connectivity index (χ4v) is 2.19. The molecule has 2 aromatic rings. The maximum Gasteiger partial charge on any atom is 0.185 e. The van der Waals surface area contributed by atoms with Crippen LogP contribution in [0.2, 0.25) is 25.7 Å². The summed E-state index contributed by atoms with van der Waals surface area (Å²) in [6, 6.07) is 1.14. The van der Waals surface area contributed by atoms with Crippen LogP contribution in [0.4, 0.5) is 0 Å². The topological polar surface area (TPSA) is 89.9 Å². The summed E-state index contributed by atoms with van der Waals surface area (Å²) in [5, 5.41) is 0. The minimum atomic E-state index is -1.02. The van der Waals surface area contributed by atoms with Gasteiger partial charge in [-0.25, -0.2) is 9.97 Å². The summed E-state index contributed by atoms with van der Waals surface area (Å²) in [5.74, 6) is 0.794. The summed E-state index contributed by atoms with van der Waals surface area (Å²) < 4.78 is 7.20. The first-order valence-electron chi connectivity index (χ1n) is 6.95. The van der Waals surface area contributed by atoms with Gasteiger partial charge in [-0.05, 0) is 6.04 Å². The molecule has 0 aliphatic heterocycles. The number of imidazole rings is 2. The van der Waals surface area contributed by atoms with Gasteiger partial charge in [-0.1, -0.05) is 19.6 Å². The van der Waals surface area contributed by atoms with Gasteiger partial charge in [0.2, 0.25) is 0 Å². The second kappa shape index (κ2) is 9.06. The first-order chi connectivity index (χ1) is 10.5. The van der Waals surface area contributed by atoms with Crippen molar-refractivity contribution in [2.45, 2.75) is 32.4 Å². The molecule has 0 bridgehead atoms. The van der Waals surface area contributed by atoms with Crippen LogP contribution in [0.25, 0.3) is 0 Å². The summed E-state index contributed by atoms with van der Waals surface area (Å²) in [6.45, 7) is 8.10. The standard InChI is InChI=1S/C10H18N2O2Si.C4H4N2O/c1-15(2,3)7-6-14-9-12-5-4-11-10(12)8-13;7-3-4-5-1-2-6-4/h4-5,8H,6-7,9H2,1-3H3;1-3H,(H,5,6). The molecule has 0 unspecified atom stereocenters. The van der Waals surface area contributed by atoms with E-state index in [0.717, 1.165) is 18.9 Å². The van der Waals surface area contributed by atoms with Gasteiger partial charge in [0.05, 0.1) is 0 Å². The number of aldehydes is 2. The molecular weight excluding hydrogens is 300 g/mol. The van der Waals surface area contributed by atoms with Crippen molar-refractivity contribution in [3.05, 3.63) is 36.4 Å². The normalized spacial score (nSPS) is 10.7. The number of nitrogens with zero attached hydrogens (tertiary/aromatic N) is 3. The van der Waals surface area contributed by atoms with Gasteiger partial charge < -0.3 is 14.3 Å². The molecule has 0 amide bonds. The zero-order valence-corrected chi connectivity index (χ0v) is 14.2. The first kappa shape index (κ1) is 18.0. The molecule has 0 atom stereocenters. The van der Waals surface area contributed by atoms with Gasteiger partial charge >= 0.3 is 0 Å². The Kier molecular flexibility index (Phi) is 7.40. The van der Waals surface area contributed by atoms with Gasteiger partial charge in [-0.3, -0.25) is 9.59 Å². The molecule has 2 heterocycles. The Morgan fingerprint density at radius 2 is 2.00 bits per heavy atom. The van der Waals surface area contributed by atoms with E-state index in [1.54, 1.807) is 23.2 Å². The zero-order chi connectivity index (χ0) is 16.4. The summed E-state index contributed by atoms with van der Waals surface area (Å²) >= 11 is 0. The van der Waals surface area contributed by atoms with E-state index >= 15 is 0 Å². The molecule has 0 fully saturated rings. The second-order valence-electron chi connectivity index (χ2n) is 5.81. The minimum Gasteiger partial charge on any atom is -0.361 e. The van der Waals surface area contributed by atoms with E-state index in [0.29, 0.717) is 24.7 Å². The third-order valence-electron chi connectivity index (χ3n) is 2.71. The van der Waals surface area contributed by atoms with Crippen LogP contribution in [0.3, 0.4) is 0 Å². The number of aromatic amines is 1. The van der Waals surface area contributed by atoms with Crippen LogP contribution in [0.15, 0.2) is 24.8 Å². The van der Waals surface area contributed by atoms with E-state index in [-0.39, 0.29) is 0 Å². The van der Waals surface area contributed by atoms with Crippen molar-refractivity contribution < 1.29 is 14.3 Å². The van der Waals surface area contributed by atoms with E-state index in [4.69, 9.17) is 4.74 Å². The highest BCUT2D eigenvalue weighted by atomic mass is 28.3. The highest BCUT2D eigenvalue weighted by molar-refractivity contribution is 6.76. The van der Waals surface area contributed by atoms with Gasteiger partial charge in [-0.2, -0.15) is 0 Å². The van der Waals surface area contributed by atoms with E-state index in [1.165, 1.54) is 6.20 Å². The lowest BCUT2D eigenvalue weighted by molar-refractivity contribution is 0.0832. The second-order valence-corrected chi connectivity index (χ2v) is 11.4. The molecule has 0 saturated heterocycles. The molecule has 8 heteroatoms. The molecule has 2 aromatic heterocycles. The first-order valence-corrected chi connectivity index (χ1v) is 10.7. The fraction of sp³-hybridized carbons (Fsp3) is 0.429. The summed E-state index contributed by atoms with van der Waals surface area (Å²) in [7, 11) is -1.02. The van der Waals surface area contributed by atoms with Gasteiger partial charge in [0.1, 0.15) is 6.73 Å². The molecule has 22 heavy (non-hydrogen) atoms. The summed E-state index contributed by atoms with van der Waals surface area (Å²) in [5.41, 5.74) is 0. The number of nitrogens with one attached hydrogen (secondary N) is 1. The third-order valence-corrected chi connectivity index (χ3v) is 4.41. The van der Waals surface area contributed by atoms with Gasteiger partial charge in [0, 0.05) is 39.5 Å². The van der Waals surface area contributed by atoms with Crippen LogP contribution in [0.5, 0.6) is 0 Å². The molecule has 1 N–H and O–H groups in total. The van der Waals surface area contributed by atoms with Crippen LogP contribution in [-0.4, -0.2) is 46.8 Å². The number of ether oxygens (including phenoxy) is 1. The Labute approximate surface area is 130 Å². The Balaban J connectivity index is 0.000000287. The maximum absolute atomic E-state index is 10.5. The Bertz CT molecular complexity index is 561. The van der Waals surface area contributed by atoms with Crippen molar-refractivity contribution in [3.8, 4) is 0 Å². The van der Waals surface area contributed by atoms with Crippen molar-refractivity contribution in [1.29, 1.82) is 0 Å². The van der Waals surface area contributed by atoms with E-state index in [9.17, 15) is 9.59 Å². The molecule has 0 saturated carbocycles. The number of H-pyrrole nitrogens is 1. The van der Waals surface area contributed by atoms with Crippen LogP contribution < -0.4 is 0 Å². The van der Waals surface area contributed by atoms with Crippen LogP contribution >= 0.6 is 0 Å². The molecule has 0 aliphatic rings. The van der Waals surface area contributed by atoms with E-state index in [2.05, 4.69) is 34.6 Å². The number of carbonyl (C=O) groups excluding carboxylic acids is 2. The molecular formula is C14H22N4O3Si. The monoisotopic (exact) mass is 322 g/mol. The molecule has 0 aliphatic carbocycles. The molecule has 0 aromatic carbocycles. The summed E-state index contributed by atoms with van der Waals surface area (Å²) in [6.07, 6.45) is 7.89. The third kappa shape index (κ3) is 7.09. The molecule has 0 radical (unpaired) electrons. The van der Waals surface area contributed by atoms with Crippen molar-refractivity contribution in [3.63, 3.8) is 0 Å². The Hall–Kier alpha value is -2.06. The maximum atomic E-state index is 10.5. The number of rotatable bonds is 7. The lowest BCUT2D eigenvalue weighted by atomic mass is 10.7. The van der Waals surface area contributed by atoms with Crippen LogP contribution in [-0.2, 0) is 11.5 Å². The van der Waals surface area contributed by atoms with Gasteiger partial charge in [0.25, 0.3) is 0 Å². The lowest BCUT2D eigenvalue weighted by Crippen LogP contribution is -2.22. The van der Waals surface area contributed by atoms with Crippen molar-refractivity contribution >= 4 is 20.6 Å². The van der Waals surface area contributed by atoms with E-state index < -0.39 is 8.07 Å².